The van der Waals surface area contributed by atoms with Gasteiger partial charge in [-0.1, -0.05) is 30.3 Å². The molecule has 0 radical (unpaired) electrons. The lowest BCUT2D eigenvalue weighted by Crippen LogP contribution is -2.33. The number of carboxylic acids is 1. The fourth-order valence-corrected chi connectivity index (χ4v) is 4.11. The van der Waals surface area contributed by atoms with E-state index >= 15 is 0 Å². The van der Waals surface area contributed by atoms with Gasteiger partial charge in [0.2, 0.25) is 0 Å². The molecule has 3 rings (SSSR count). The molecule has 0 bridgehead atoms. The number of carbonyl (C=O) groups excluding carboxylic acids is 1. The summed E-state index contributed by atoms with van der Waals surface area (Å²) in [4.78, 5) is 25.2. The molecular formula is C26H29NO6S. The Bertz CT molecular complexity index is 1090. The Morgan fingerprint density at radius 3 is 2.50 bits per heavy atom. The molecule has 0 unspecified atom stereocenters. The SMILES string of the molecule is CC(C)(C)OC(=O)NCCCOc1c(-c2ccoc2)ccc(CSc2ccccc2)c1C(=O)O. The van der Waals surface area contributed by atoms with E-state index in [1.54, 1.807) is 44.9 Å². The first-order valence-corrected chi connectivity index (χ1v) is 11.9. The molecule has 0 saturated carbocycles. The summed E-state index contributed by atoms with van der Waals surface area (Å²) in [6.07, 6.45) is 3.06. The number of carbonyl (C=O) groups is 2. The third-order valence-electron chi connectivity index (χ3n) is 4.66. The number of aromatic carboxylic acids is 1. The maximum Gasteiger partial charge on any atom is 0.407 e. The number of nitrogens with one attached hydrogen (secondary N) is 1. The van der Waals surface area contributed by atoms with Gasteiger partial charge in [0, 0.05) is 28.3 Å². The second-order valence-electron chi connectivity index (χ2n) is 8.53. The van der Waals surface area contributed by atoms with E-state index in [1.807, 2.05) is 42.5 Å². The lowest BCUT2D eigenvalue weighted by atomic mass is 9.99. The van der Waals surface area contributed by atoms with Gasteiger partial charge < -0.3 is 24.3 Å². The van der Waals surface area contributed by atoms with E-state index in [2.05, 4.69) is 5.32 Å². The third-order valence-corrected chi connectivity index (χ3v) is 5.72. The van der Waals surface area contributed by atoms with Crippen molar-refractivity contribution in [3.05, 3.63) is 72.2 Å². The third kappa shape index (κ3) is 7.31. The monoisotopic (exact) mass is 483 g/mol. The number of thioether (sulfide) groups is 1. The molecule has 0 aliphatic carbocycles. The molecule has 0 aliphatic heterocycles. The number of ether oxygens (including phenoxy) is 2. The molecule has 2 aromatic carbocycles. The van der Waals surface area contributed by atoms with Gasteiger partial charge in [-0.25, -0.2) is 9.59 Å². The van der Waals surface area contributed by atoms with Crippen LogP contribution in [0.3, 0.4) is 0 Å². The Morgan fingerprint density at radius 1 is 1.09 bits per heavy atom. The molecule has 0 fully saturated rings. The molecule has 0 atom stereocenters. The van der Waals surface area contributed by atoms with Crippen LogP contribution in [0.25, 0.3) is 11.1 Å². The highest BCUT2D eigenvalue weighted by atomic mass is 32.2. The zero-order valence-electron chi connectivity index (χ0n) is 19.5. The van der Waals surface area contributed by atoms with Crippen molar-refractivity contribution in [3.8, 4) is 16.9 Å². The number of carboxylic acid groups (broad SMARTS) is 1. The second-order valence-corrected chi connectivity index (χ2v) is 9.57. The van der Waals surface area contributed by atoms with Gasteiger partial charge >= 0.3 is 12.1 Å². The zero-order valence-corrected chi connectivity index (χ0v) is 20.3. The van der Waals surface area contributed by atoms with E-state index in [9.17, 15) is 14.7 Å². The molecule has 1 amide bonds. The van der Waals surface area contributed by atoms with E-state index in [4.69, 9.17) is 13.9 Å². The molecule has 3 aromatic rings. The van der Waals surface area contributed by atoms with Crippen molar-refractivity contribution in [2.24, 2.45) is 0 Å². The highest BCUT2D eigenvalue weighted by molar-refractivity contribution is 7.98. The summed E-state index contributed by atoms with van der Waals surface area (Å²) in [5.41, 5.74) is 1.58. The Morgan fingerprint density at radius 2 is 1.85 bits per heavy atom. The Kier molecular flexibility index (Phi) is 8.65. The number of hydrogen-bond donors (Lipinski definition) is 2. The first-order chi connectivity index (χ1) is 16.2. The predicted octanol–water partition coefficient (Wildman–Crippen LogP) is 6.23. The summed E-state index contributed by atoms with van der Waals surface area (Å²) in [6.45, 7) is 5.94. The number of alkyl carbamates (subject to hydrolysis) is 1. The minimum Gasteiger partial charge on any atom is -0.492 e. The van der Waals surface area contributed by atoms with Crippen molar-refractivity contribution in [1.29, 1.82) is 0 Å². The van der Waals surface area contributed by atoms with Crippen molar-refractivity contribution >= 4 is 23.8 Å². The van der Waals surface area contributed by atoms with E-state index < -0.39 is 17.7 Å². The number of benzene rings is 2. The maximum absolute atomic E-state index is 12.3. The first-order valence-electron chi connectivity index (χ1n) is 10.9. The number of amides is 1. The van der Waals surface area contributed by atoms with Crippen LogP contribution in [0, 0.1) is 0 Å². The number of rotatable bonds is 10. The van der Waals surface area contributed by atoms with Crippen LogP contribution < -0.4 is 10.1 Å². The van der Waals surface area contributed by atoms with Gasteiger partial charge in [-0.2, -0.15) is 0 Å². The Balaban J connectivity index is 1.75. The van der Waals surface area contributed by atoms with E-state index in [0.29, 0.717) is 29.8 Å². The predicted molar refractivity (Wildman–Crippen MR) is 131 cm³/mol. The lowest BCUT2D eigenvalue weighted by molar-refractivity contribution is 0.0525. The van der Waals surface area contributed by atoms with Crippen LogP contribution in [0.5, 0.6) is 5.75 Å². The van der Waals surface area contributed by atoms with Gasteiger partial charge in [-0.3, -0.25) is 0 Å². The molecule has 34 heavy (non-hydrogen) atoms. The molecule has 0 saturated heterocycles. The molecule has 0 aliphatic rings. The molecule has 1 aromatic heterocycles. The van der Waals surface area contributed by atoms with E-state index in [1.165, 1.54) is 6.26 Å². The molecular weight excluding hydrogens is 454 g/mol. The van der Waals surface area contributed by atoms with Gasteiger partial charge in [0.25, 0.3) is 0 Å². The fourth-order valence-electron chi connectivity index (χ4n) is 3.20. The lowest BCUT2D eigenvalue weighted by Gasteiger charge is -2.20. The van der Waals surface area contributed by atoms with Crippen molar-refractivity contribution in [1.82, 2.24) is 5.32 Å². The topological polar surface area (TPSA) is 98.0 Å². The number of hydrogen-bond acceptors (Lipinski definition) is 6. The van der Waals surface area contributed by atoms with Crippen LogP contribution in [-0.2, 0) is 10.5 Å². The smallest absolute Gasteiger partial charge is 0.407 e. The van der Waals surface area contributed by atoms with Crippen LogP contribution in [-0.4, -0.2) is 35.9 Å². The molecule has 1 heterocycles. The average molecular weight is 484 g/mol. The Hall–Kier alpha value is -3.39. The summed E-state index contributed by atoms with van der Waals surface area (Å²) < 4.78 is 16.4. The van der Waals surface area contributed by atoms with Crippen molar-refractivity contribution in [2.45, 2.75) is 43.4 Å². The quantitative estimate of drug-likeness (QED) is 0.260. The summed E-state index contributed by atoms with van der Waals surface area (Å²) in [5, 5.41) is 12.7. The molecule has 7 nitrogen and oxygen atoms in total. The van der Waals surface area contributed by atoms with Gasteiger partial charge in [-0.05, 0) is 51.0 Å². The molecule has 2 N–H and O–H groups in total. The normalized spacial score (nSPS) is 11.1. The summed E-state index contributed by atoms with van der Waals surface area (Å²) in [5.74, 6) is -0.290. The molecule has 0 spiro atoms. The van der Waals surface area contributed by atoms with Crippen LogP contribution in [0.4, 0.5) is 4.79 Å². The van der Waals surface area contributed by atoms with Crippen LogP contribution in [0.1, 0.15) is 43.1 Å². The van der Waals surface area contributed by atoms with Gasteiger partial charge in [0.05, 0.1) is 19.1 Å². The van der Waals surface area contributed by atoms with Crippen LogP contribution in [0.15, 0.2) is 70.4 Å². The summed E-state index contributed by atoms with van der Waals surface area (Å²) in [7, 11) is 0. The summed E-state index contributed by atoms with van der Waals surface area (Å²) >= 11 is 1.56. The summed E-state index contributed by atoms with van der Waals surface area (Å²) in [6, 6.07) is 15.2. The highest BCUT2D eigenvalue weighted by Crippen LogP contribution is 2.38. The zero-order chi connectivity index (χ0) is 24.6. The largest absolute Gasteiger partial charge is 0.492 e. The second kappa shape index (κ2) is 11.7. The Labute approximate surface area is 203 Å². The van der Waals surface area contributed by atoms with Gasteiger partial charge in [0.15, 0.2) is 0 Å². The minimum absolute atomic E-state index is 0.127. The van der Waals surface area contributed by atoms with E-state index in [0.717, 1.165) is 10.5 Å². The van der Waals surface area contributed by atoms with Gasteiger partial charge in [-0.15, -0.1) is 11.8 Å². The first kappa shape index (κ1) is 25.2. The fraction of sp³-hybridized carbons (Fsp3) is 0.308. The van der Waals surface area contributed by atoms with E-state index in [-0.39, 0.29) is 17.9 Å². The molecule has 180 valence electrons. The number of furan rings is 1. The standard InChI is InChI=1S/C26H29NO6S/c1-26(2,3)33-25(30)27-13-7-14-32-23-21(18-12-15-31-16-18)11-10-19(22(23)24(28)29)17-34-20-8-5-4-6-9-20/h4-6,8-12,15-16H,7,13-14,17H2,1-3H3,(H,27,30)(H,28,29). The van der Waals surface area contributed by atoms with Gasteiger partial charge in [0.1, 0.15) is 16.9 Å². The molecule has 8 heteroatoms. The highest BCUT2D eigenvalue weighted by Gasteiger charge is 2.22. The van der Waals surface area contributed by atoms with Crippen molar-refractivity contribution in [2.75, 3.05) is 13.2 Å². The maximum atomic E-state index is 12.3. The van der Waals surface area contributed by atoms with Crippen LogP contribution in [0.2, 0.25) is 0 Å². The minimum atomic E-state index is -1.06. The van der Waals surface area contributed by atoms with Crippen molar-refractivity contribution < 1.29 is 28.6 Å². The van der Waals surface area contributed by atoms with Crippen LogP contribution >= 0.6 is 11.8 Å². The van der Waals surface area contributed by atoms with Crippen molar-refractivity contribution in [3.63, 3.8) is 0 Å². The average Bonchev–Trinajstić information content (AvgIpc) is 3.31.